The topological polar surface area (TPSA) is 75.8 Å². The van der Waals surface area contributed by atoms with Gasteiger partial charge < -0.3 is 0 Å². The highest BCUT2D eigenvalue weighted by Gasteiger charge is 2.13. The van der Waals surface area contributed by atoms with Gasteiger partial charge in [0.25, 0.3) is 0 Å². The van der Waals surface area contributed by atoms with Gasteiger partial charge in [-0.05, 0) is 76.6 Å². The molecule has 0 saturated heterocycles. The first-order chi connectivity index (χ1) is 22.3. The third-order valence-electron chi connectivity index (χ3n) is 7.62. The molecule has 3 heterocycles. The molecule has 0 aliphatic rings. The lowest BCUT2D eigenvalue weighted by atomic mass is 9.94. The fraction of sp³-hybridized carbons (Fsp3) is 0.0256. The third-order valence-corrected chi connectivity index (χ3v) is 7.62. The molecule has 0 fully saturated rings. The van der Waals surface area contributed by atoms with Gasteiger partial charge in [0.05, 0.1) is 17.8 Å². The summed E-state index contributed by atoms with van der Waals surface area (Å²) in [5.74, 6) is 0.961. The monoisotopic (exact) mass is 580 g/mol. The molecule has 0 bridgehead atoms. The lowest BCUT2D eigenvalue weighted by molar-refractivity contribution is 1.06. The lowest BCUT2D eigenvalue weighted by Crippen LogP contribution is -2.06. The molecule has 4 aromatic carbocycles. The Morgan fingerprint density at radius 1 is 0.644 bits per heavy atom. The van der Waals surface area contributed by atoms with Crippen molar-refractivity contribution in [1.82, 2.24) is 15.0 Å². The van der Waals surface area contributed by atoms with E-state index in [1.54, 1.807) is 24.8 Å². The predicted octanol–water partition coefficient (Wildman–Crippen LogP) is 8.61. The molecular formula is C39H28N6. The number of aliphatic imine (C=N–C) groups is 3. The minimum atomic E-state index is 0.406. The molecule has 45 heavy (non-hydrogen) atoms. The van der Waals surface area contributed by atoms with Gasteiger partial charge in [0, 0.05) is 46.9 Å². The summed E-state index contributed by atoms with van der Waals surface area (Å²) in [6.07, 6.45) is 6.89. The highest BCUT2D eigenvalue weighted by Crippen LogP contribution is 2.36. The zero-order valence-electron chi connectivity index (χ0n) is 24.5. The van der Waals surface area contributed by atoms with E-state index in [-0.39, 0.29) is 0 Å². The van der Waals surface area contributed by atoms with Gasteiger partial charge in [0.15, 0.2) is 11.7 Å². The molecule has 7 aromatic rings. The van der Waals surface area contributed by atoms with Crippen LogP contribution in [-0.4, -0.2) is 33.3 Å². The highest BCUT2D eigenvalue weighted by atomic mass is 15.0. The van der Waals surface area contributed by atoms with Gasteiger partial charge in [-0.2, -0.15) is 0 Å². The Kier molecular flexibility index (Phi) is 7.76. The average molecular weight is 581 g/mol. The van der Waals surface area contributed by atoms with E-state index in [4.69, 9.17) is 15.0 Å². The van der Waals surface area contributed by atoms with Crippen LogP contribution < -0.4 is 0 Å². The Bertz CT molecular complexity index is 2190. The molecule has 0 atom stereocenters. The zero-order chi connectivity index (χ0) is 30.4. The summed E-state index contributed by atoms with van der Waals surface area (Å²) in [6.45, 7) is 4.13. The van der Waals surface area contributed by atoms with Crippen molar-refractivity contribution in [3.63, 3.8) is 0 Å². The molecule has 6 heteroatoms. The van der Waals surface area contributed by atoms with E-state index < -0.39 is 0 Å². The molecule has 6 nitrogen and oxygen atoms in total. The fourth-order valence-electron chi connectivity index (χ4n) is 5.47. The zero-order valence-corrected chi connectivity index (χ0v) is 24.5. The molecule has 214 valence electrons. The van der Waals surface area contributed by atoms with Crippen LogP contribution in [0.1, 0.15) is 16.7 Å². The Morgan fingerprint density at radius 2 is 1.38 bits per heavy atom. The molecule has 0 saturated carbocycles. The van der Waals surface area contributed by atoms with Crippen molar-refractivity contribution in [2.75, 3.05) is 0 Å². The second-order valence-corrected chi connectivity index (χ2v) is 10.5. The van der Waals surface area contributed by atoms with E-state index in [1.807, 2.05) is 36.4 Å². The minimum absolute atomic E-state index is 0.406. The standard InChI is InChI=1S/C39H28N6/c1-40-38(31-15-8-20-41-25-31)45-39(32-16-9-21-42-26-32)43-24-27-10-7-14-30(22-27)36-23-34(28-11-3-2-4-12-28)37-33-17-6-5-13-29(33)18-19-35(37)44-36/h2-23,25-26H,1,24H2/b43-39-,45-38-. The number of benzene rings is 4. The van der Waals surface area contributed by atoms with Crippen molar-refractivity contribution in [2.45, 2.75) is 6.54 Å². The van der Waals surface area contributed by atoms with E-state index >= 15 is 0 Å². The van der Waals surface area contributed by atoms with Gasteiger partial charge in [0.1, 0.15) is 0 Å². The van der Waals surface area contributed by atoms with E-state index in [1.165, 1.54) is 10.8 Å². The summed E-state index contributed by atoms with van der Waals surface area (Å²) in [6, 6.07) is 41.4. The maximum absolute atomic E-state index is 5.16. The average Bonchev–Trinajstić information content (AvgIpc) is 3.12. The molecule has 7 rings (SSSR count). The SMILES string of the molecule is C=N/C(=N\C(=N/Cc1cccc(-c2cc(-c3ccccc3)c3c(ccc4ccccc43)n2)c1)c1cccnc1)c1cccnc1. The van der Waals surface area contributed by atoms with E-state index in [9.17, 15) is 0 Å². The Labute approximate surface area is 261 Å². The third kappa shape index (κ3) is 5.90. The maximum atomic E-state index is 5.16. The van der Waals surface area contributed by atoms with Crippen LogP contribution in [0.25, 0.3) is 44.1 Å². The summed E-state index contributed by atoms with van der Waals surface area (Å²) in [5, 5.41) is 3.55. The quantitative estimate of drug-likeness (QED) is 0.112. The van der Waals surface area contributed by atoms with E-state index in [0.29, 0.717) is 18.2 Å². The van der Waals surface area contributed by atoms with Crippen molar-refractivity contribution in [3.8, 4) is 22.4 Å². The lowest BCUT2D eigenvalue weighted by Gasteiger charge is -2.13. The van der Waals surface area contributed by atoms with Crippen LogP contribution in [0.5, 0.6) is 0 Å². The van der Waals surface area contributed by atoms with Crippen molar-refractivity contribution >= 4 is 40.1 Å². The Balaban J connectivity index is 1.30. The molecule has 0 N–H and O–H groups in total. The molecule has 0 radical (unpaired) electrons. The minimum Gasteiger partial charge on any atom is -0.264 e. The molecule has 0 aliphatic carbocycles. The number of rotatable bonds is 6. The number of hydrogen-bond donors (Lipinski definition) is 0. The number of pyridine rings is 3. The smallest absolute Gasteiger partial charge is 0.162 e. The number of nitrogens with zero attached hydrogens (tertiary/aromatic N) is 6. The van der Waals surface area contributed by atoms with Crippen molar-refractivity contribution < 1.29 is 0 Å². The number of amidine groups is 2. The van der Waals surface area contributed by atoms with E-state index in [2.05, 4.69) is 107 Å². The molecule has 0 spiro atoms. The van der Waals surface area contributed by atoms with Crippen LogP contribution in [0.4, 0.5) is 0 Å². The Morgan fingerprint density at radius 3 is 2.13 bits per heavy atom. The summed E-state index contributed by atoms with van der Waals surface area (Å²) in [7, 11) is 0. The van der Waals surface area contributed by atoms with Crippen molar-refractivity contribution in [1.29, 1.82) is 0 Å². The first-order valence-electron chi connectivity index (χ1n) is 14.6. The molecule has 0 unspecified atom stereocenters. The fourth-order valence-corrected chi connectivity index (χ4v) is 5.47. The van der Waals surface area contributed by atoms with Gasteiger partial charge in [-0.25, -0.2) is 15.0 Å². The number of fused-ring (bicyclic) bond motifs is 3. The summed E-state index contributed by atoms with van der Waals surface area (Å²) in [5.41, 5.74) is 7.77. The Hall–Kier alpha value is -6.14. The van der Waals surface area contributed by atoms with Gasteiger partial charge >= 0.3 is 0 Å². The van der Waals surface area contributed by atoms with E-state index in [0.717, 1.165) is 50.0 Å². The largest absolute Gasteiger partial charge is 0.264 e. The van der Waals surface area contributed by atoms with Gasteiger partial charge in [-0.1, -0.05) is 78.9 Å². The number of aromatic nitrogens is 3. The van der Waals surface area contributed by atoms with Crippen molar-refractivity contribution in [3.05, 3.63) is 163 Å². The second kappa shape index (κ2) is 12.6. The molecule has 0 amide bonds. The van der Waals surface area contributed by atoms with Crippen LogP contribution in [-0.2, 0) is 6.54 Å². The predicted molar refractivity (Wildman–Crippen MR) is 185 cm³/mol. The second-order valence-electron chi connectivity index (χ2n) is 10.5. The number of hydrogen-bond acceptors (Lipinski definition) is 4. The summed E-state index contributed by atoms with van der Waals surface area (Å²) in [4.78, 5) is 27.5. The van der Waals surface area contributed by atoms with Crippen LogP contribution in [0.15, 0.2) is 161 Å². The highest BCUT2D eigenvalue weighted by molar-refractivity contribution is 6.14. The maximum Gasteiger partial charge on any atom is 0.162 e. The summed E-state index contributed by atoms with van der Waals surface area (Å²) >= 11 is 0. The first-order valence-corrected chi connectivity index (χ1v) is 14.6. The first kappa shape index (κ1) is 27.7. The van der Waals surface area contributed by atoms with Crippen molar-refractivity contribution in [2.24, 2.45) is 15.0 Å². The molecule has 3 aromatic heterocycles. The van der Waals surface area contributed by atoms with Gasteiger partial charge in [-0.15, -0.1) is 0 Å². The van der Waals surface area contributed by atoms with Gasteiger partial charge in [-0.3, -0.25) is 15.0 Å². The normalized spacial score (nSPS) is 12.0. The summed E-state index contributed by atoms with van der Waals surface area (Å²) < 4.78 is 0. The molecular weight excluding hydrogens is 552 g/mol. The van der Waals surface area contributed by atoms with Crippen LogP contribution in [0, 0.1) is 0 Å². The van der Waals surface area contributed by atoms with Crippen LogP contribution in [0.3, 0.4) is 0 Å². The van der Waals surface area contributed by atoms with Gasteiger partial charge in [0.2, 0.25) is 0 Å². The van der Waals surface area contributed by atoms with Crippen LogP contribution >= 0.6 is 0 Å². The van der Waals surface area contributed by atoms with Crippen LogP contribution in [0.2, 0.25) is 0 Å². The molecule has 0 aliphatic heterocycles.